The van der Waals surface area contributed by atoms with E-state index in [1.165, 1.54) is 4.90 Å². The van der Waals surface area contributed by atoms with Gasteiger partial charge in [-0.25, -0.2) is 4.99 Å². The van der Waals surface area contributed by atoms with Gasteiger partial charge >= 0.3 is 0 Å². The quantitative estimate of drug-likeness (QED) is 0.668. The maximum Gasteiger partial charge on any atom is 0.234 e. The van der Waals surface area contributed by atoms with E-state index in [2.05, 4.69) is 4.99 Å². The summed E-state index contributed by atoms with van der Waals surface area (Å²) in [5.74, 6) is 0.593. The highest BCUT2D eigenvalue weighted by atomic mass is 35.5. The van der Waals surface area contributed by atoms with E-state index in [1.807, 2.05) is 4.90 Å². The number of aliphatic imine (C=N–C) groups is 1. The van der Waals surface area contributed by atoms with Gasteiger partial charge in [-0.2, -0.15) is 0 Å². The molecule has 23 heavy (non-hydrogen) atoms. The fraction of sp³-hybridized carbons (Fsp3) is 0.400. The van der Waals surface area contributed by atoms with Crippen LogP contribution < -0.4 is 4.74 Å². The van der Waals surface area contributed by atoms with Crippen LogP contribution in [0, 0.1) is 11.8 Å². The normalized spacial score (nSPS) is 25.6. The maximum absolute atomic E-state index is 12.2. The molecular weight excluding hydrogens is 341 g/mol. The van der Waals surface area contributed by atoms with Crippen molar-refractivity contribution in [2.75, 3.05) is 20.3 Å². The van der Waals surface area contributed by atoms with Crippen LogP contribution in [0.3, 0.4) is 0 Å². The summed E-state index contributed by atoms with van der Waals surface area (Å²) in [5, 5.41) is 0.584. The third-order valence-electron chi connectivity index (χ3n) is 4.51. The molecule has 122 valence electrons. The summed E-state index contributed by atoms with van der Waals surface area (Å²) in [5.41, 5.74) is 0.661. The van der Waals surface area contributed by atoms with E-state index in [9.17, 15) is 9.59 Å². The van der Waals surface area contributed by atoms with Gasteiger partial charge in [0.15, 0.2) is 6.73 Å². The molecule has 0 spiro atoms. The molecule has 2 atom stereocenters. The van der Waals surface area contributed by atoms with Gasteiger partial charge in [0.25, 0.3) is 0 Å². The summed E-state index contributed by atoms with van der Waals surface area (Å²) in [6.07, 6.45) is 0.453. The molecule has 0 saturated carbocycles. The Hall–Kier alpha value is -1.79. The number of carbonyl (C=O) groups is 2. The molecule has 0 aliphatic carbocycles. The van der Waals surface area contributed by atoms with Gasteiger partial charge in [0.2, 0.25) is 11.8 Å². The van der Waals surface area contributed by atoms with Crippen LogP contribution in [0.25, 0.3) is 0 Å². The van der Waals surface area contributed by atoms with Crippen LogP contribution in [0.4, 0.5) is 5.69 Å². The summed E-state index contributed by atoms with van der Waals surface area (Å²) in [7, 11) is 1.54. The summed E-state index contributed by atoms with van der Waals surface area (Å²) in [6, 6.07) is 5.28. The van der Waals surface area contributed by atoms with Crippen molar-refractivity contribution >= 4 is 47.3 Å². The second-order valence-electron chi connectivity index (χ2n) is 5.79. The van der Waals surface area contributed by atoms with Gasteiger partial charge in [0.1, 0.15) is 17.3 Å². The zero-order chi connectivity index (χ0) is 15.4. The second kappa shape index (κ2) is 5.69. The van der Waals surface area contributed by atoms with E-state index in [-0.39, 0.29) is 36.1 Å². The highest BCUT2D eigenvalue weighted by Crippen LogP contribution is 2.38. The van der Waals surface area contributed by atoms with Gasteiger partial charge in [0.05, 0.1) is 11.8 Å². The lowest BCUT2D eigenvalue weighted by Gasteiger charge is -2.33. The van der Waals surface area contributed by atoms with Crippen molar-refractivity contribution in [3.63, 3.8) is 0 Å². The second-order valence-corrected chi connectivity index (χ2v) is 6.22. The van der Waals surface area contributed by atoms with Crippen molar-refractivity contribution in [2.24, 2.45) is 16.8 Å². The molecule has 3 heterocycles. The Balaban J connectivity index is 0.00000156. The Bertz CT molecular complexity index is 722. The topological polar surface area (TPSA) is 62.2 Å². The molecule has 0 aromatic heterocycles. The number of imide groups is 1. The summed E-state index contributed by atoms with van der Waals surface area (Å²) < 4.78 is 5.75. The molecule has 2 saturated heterocycles. The zero-order valence-electron chi connectivity index (χ0n) is 12.4. The van der Waals surface area contributed by atoms with Crippen LogP contribution >= 0.6 is 24.0 Å². The van der Waals surface area contributed by atoms with E-state index in [0.717, 1.165) is 5.84 Å². The Morgan fingerprint density at radius 1 is 1.26 bits per heavy atom. The number of fused-ring (bicyclic) bond motifs is 3. The first-order chi connectivity index (χ1) is 10.5. The van der Waals surface area contributed by atoms with Gasteiger partial charge in [0, 0.05) is 25.0 Å². The number of hydrogen-bond donors (Lipinski definition) is 0. The van der Waals surface area contributed by atoms with Gasteiger partial charge in [-0.05, 0) is 18.2 Å². The average Bonchev–Trinajstić information content (AvgIpc) is 2.66. The smallest absolute Gasteiger partial charge is 0.234 e. The van der Waals surface area contributed by atoms with Gasteiger partial charge in [-0.15, -0.1) is 12.4 Å². The van der Waals surface area contributed by atoms with Crippen molar-refractivity contribution in [1.29, 1.82) is 0 Å². The van der Waals surface area contributed by atoms with Crippen molar-refractivity contribution in [3.8, 4) is 5.75 Å². The van der Waals surface area contributed by atoms with E-state index < -0.39 is 0 Å². The van der Waals surface area contributed by atoms with Crippen molar-refractivity contribution < 1.29 is 14.3 Å². The highest BCUT2D eigenvalue weighted by Gasteiger charge is 2.50. The zero-order valence-corrected chi connectivity index (χ0v) is 13.9. The number of piperidine rings is 1. The predicted molar refractivity (Wildman–Crippen MR) is 87.4 cm³/mol. The minimum atomic E-state index is -0.312. The van der Waals surface area contributed by atoms with E-state index in [4.69, 9.17) is 16.3 Å². The average molecular weight is 356 g/mol. The van der Waals surface area contributed by atoms with Gasteiger partial charge in [-0.1, -0.05) is 11.6 Å². The number of hydrogen-bond acceptors (Lipinski definition) is 5. The fourth-order valence-corrected chi connectivity index (χ4v) is 3.45. The van der Waals surface area contributed by atoms with Crippen molar-refractivity contribution in [2.45, 2.75) is 6.42 Å². The van der Waals surface area contributed by atoms with Crippen LogP contribution in [-0.4, -0.2) is 47.8 Å². The molecule has 4 rings (SSSR count). The molecular formula is C15H15Cl2N3O3. The third-order valence-corrected chi connectivity index (χ3v) is 4.75. The Morgan fingerprint density at radius 2 is 2.00 bits per heavy atom. The predicted octanol–water partition coefficient (Wildman–Crippen LogP) is 2.08. The number of amides is 2. The lowest BCUT2D eigenvalue weighted by atomic mass is 9.87. The number of rotatable bonds is 0. The first kappa shape index (κ1) is 16.1. The molecule has 1 aromatic carbocycles. The van der Waals surface area contributed by atoms with Crippen LogP contribution in [0.2, 0.25) is 5.02 Å². The lowest BCUT2D eigenvalue weighted by Crippen LogP contribution is -2.46. The largest absolute Gasteiger partial charge is 0.471 e. The SMILES string of the molecule is CN1C(=O)C2CC3=Nc4cc(Cl)ccc4OCN3CC2C1=O.Cl. The minimum Gasteiger partial charge on any atom is -0.471 e. The number of likely N-dealkylation sites (tertiary alicyclic amines) is 1. The van der Waals surface area contributed by atoms with Crippen molar-refractivity contribution in [3.05, 3.63) is 23.2 Å². The lowest BCUT2D eigenvalue weighted by molar-refractivity contribution is -0.138. The standard InChI is InChI=1S/C15H14ClN3O3.ClH/c1-18-14(20)9-5-13-17-11-4-8(16)2-3-12(11)22-7-19(13)6-10(9)15(18)21;/h2-4,9-10H,5-7H2,1H3;1H. The van der Waals surface area contributed by atoms with Crippen LogP contribution in [-0.2, 0) is 9.59 Å². The molecule has 8 heteroatoms. The number of amidine groups is 1. The Labute approximate surface area is 144 Å². The maximum atomic E-state index is 12.2. The highest BCUT2D eigenvalue weighted by molar-refractivity contribution is 6.30. The summed E-state index contributed by atoms with van der Waals surface area (Å²) in [4.78, 5) is 32.1. The molecule has 0 radical (unpaired) electrons. The molecule has 6 nitrogen and oxygen atoms in total. The summed E-state index contributed by atoms with van der Waals surface area (Å²) in [6.45, 7) is 0.780. The van der Waals surface area contributed by atoms with Crippen molar-refractivity contribution in [1.82, 2.24) is 9.80 Å². The van der Waals surface area contributed by atoms with Crippen LogP contribution in [0.1, 0.15) is 6.42 Å². The number of carbonyl (C=O) groups excluding carboxylic acids is 2. The molecule has 3 aliphatic heterocycles. The molecule has 3 aliphatic rings. The number of nitrogens with zero attached hydrogens (tertiary/aromatic N) is 3. The monoisotopic (exact) mass is 355 g/mol. The minimum absolute atomic E-state index is 0. The van der Waals surface area contributed by atoms with Crippen LogP contribution in [0.5, 0.6) is 5.75 Å². The number of benzene rings is 1. The molecule has 1 aromatic rings. The van der Waals surface area contributed by atoms with E-state index in [0.29, 0.717) is 36.2 Å². The fourth-order valence-electron chi connectivity index (χ4n) is 3.28. The molecule has 2 unspecified atom stereocenters. The van der Waals surface area contributed by atoms with Gasteiger partial charge in [-0.3, -0.25) is 14.5 Å². The first-order valence-corrected chi connectivity index (χ1v) is 7.48. The molecule has 2 fully saturated rings. The molecule has 2 amide bonds. The summed E-state index contributed by atoms with van der Waals surface area (Å²) >= 11 is 6.01. The molecule has 0 bridgehead atoms. The Kier molecular flexibility index (Phi) is 3.98. The van der Waals surface area contributed by atoms with E-state index >= 15 is 0 Å². The van der Waals surface area contributed by atoms with Gasteiger partial charge < -0.3 is 9.64 Å². The Morgan fingerprint density at radius 3 is 2.78 bits per heavy atom. The van der Waals surface area contributed by atoms with Crippen LogP contribution in [0.15, 0.2) is 23.2 Å². The number of ether oxygens (including phenoxy) is 1. The van der Waals surface area contributed by atoms with E-state index in [1.54, 1.807) is 25.2 Å². The first-order valence-electron chi connectivity index (χ1n) is 7.11. The third kappa shape index (κ3) is 2.46. The number of halogens is 2. The molecule has 0 N–H and O–H groups in total.